The maximum Gasteiger partial charge on any atom is 0.380 e. The molecule has 5 heteroatoms. The predicted molar refractivity (Wildman–Crippen MR) is 69.0 cm³/mol. The molecule has 1 aromatic carbocycles. The molecule has 0 saturated carbocycles. The van der Waals surface area contributed by atoms with Crippen LogP contribution in [0, 0.1) is 0 Å². The van der Waals surface area contributed by atoms with Crippen LogP contribution in [0.5, 0.6) is 0 Å². The van der Waals surface area contributed by atoms with Crippen LogP contribution in [0.15, 0.2) is 29.4 Å². The minimum Gasteiger partial charge on any atom is -0.322 e. The van der Waals surface area contributed by atoms with E-state index in [-0.39, 0.29) is 0 Å². The van der Waals surface area contributed by atoms with Crippen LogP contribution < -0.4 is 4.68 Å². The Labute approximate surface area is 103 Å². The van der Waals surface area contributed by atoms with Gasteiger partial charge in [-0.25, -0.2) is 0 Å². The summed E-state index contributed by atoms with van der Waals surface area (Å²) in [5.74, 6) is 0. The highest BCUT2D eigenvalue weighted by atomic mass is 32.2. The maximum atomic E-state index is 4.68. The monoisotopic (exact) mass is 245 g/mol. The molecule has 3 aromatic rings. The number of rotatable bonds is 1. The van der Waals surface area contributed by atoms with Crippen molar-refractivity contribution in [2.24, 2.45) is 14.1 Å². The molecule has 0 amide bonds. The fourth-order valence-corrected chi connectivity index (χ4v) is 2.60. The molecule has 17 heavy (non-hydrogen) atoms. The van der Waals surface area contributed by atoms with Gasteiger partial charge in [-0.2, -0.15) is 0 Å². The van der Waals surface area contributed by atoms with Gasteiger partial charge in [-0.15, -0.1) is 4.68 Å². The largest absolute Gasteiger partial charge is 0.380 e. The fraction of sp³-hybridized carbons (Fsp3) is 0.250. The van der Waals surface area contributed by atoms with Gasteiger partial charge in [0, 0.05) is 7.05 Å². The van der Waals surface area contributed by atoms with E-state index in [9.17, 15) is 0 Å². The van der Waals surface area contributed by atoms with Crippen molar-refractivity contribution in [3.8, 4) is 0 Å². The van der Waals surface area contributed by atoms with Crippen molar-refractivity contribution < 1.29 is 4.68 Å². The first-order chi connectivity index (χ1) is 8.22. The lowest BCUT2D eigenvalue weighted by atomic mass is 10.2. The third kappa shape index (κ3) is 1.42. The van der Waals surface area contributed by atoms with Gasteiger partial charge in [0.15, 0.2) is 0 Å². The topological polar surface area (TPSA) is 34.6 Å². The highest BCUT2D eigenvalue weighted by Gasteiger charge is 2.19. The second-order valence-corrected chi connectivity index (χ2v) is 4.74. The summed E-state index contributed by atoms with van der Waals surface area (Å²) in [5.41, 5.74) is 3.07. The van der Waals surface area contributed by atoms with Gasteiger partial charge >= 0.3 is 5.16 Å². The summed E-state index contributed by atoms with van der Waals surface area (Å²) in [6, 6.07) is 8.26. The van der Waals surface area contributed by atoms with Gasteiger partial charge in [0.1, 0.15) is 7.05 Å². The molecule has 0 radical (unpaired) electrons. The Hall–Kier alpha value is -1.62. The molecular weight excluding hydrogens is 232 g/mol. The smallest absolute Gasteiger partial charge is 0.322 e. The Morgan fingerprint density at radius 1 is 1.29 bits per heavy atom. The van der Waals surface area contributed by atoms with E-state index in [1.54, 1.807) is 11.8 Å². The maximum absolute atomic E-state index is 4.68. The molecule has 0 saturated heterocycles. The van der Waals surface area contributed by atoms with Crippen molar-refractivity contribution in [2.45, 2.75) is 5.16 Å². The average molecular weight is 245 g/mol. The first-order valence-electron chi connectivity index (χ1n) is 5.38. The van der Waals surface area contributed by atoms with Crippen LogP contribution in [0.1, 0.15) is 0 Å². The first-order valence-corrected chi connectivity index (χ1v) is 6.60. The average Bonchev–Trinajstić information content (AvgIpc) is 2.63. The Morgan fingerprint density at radius 3 is 2.82 bits per heavy atom. The molecule has 0 bridgehead atoms. The highest BCUT2D eigenvalue weighted by molar-refractivity contribution is 7.98. The third-order valence-electron chi connectivity index (χ3n) is 2.96. The van der Waals surface area contributed by atoms with Crippen molar-refractivity contribution in [3.63, 3.8) is 0 Å². The number of hydrogen-bond acceptors (Lipinski definition) is 3. The summed E-state index contributed by atoms with van der Waals surface area (Å²) in [6.45, 7) is 0. The molecule has 0 aliphatic carbocycles. The summed E-state index contributed by atoms with van der Waals surface area (Å²) < 4.78 is 3.91. The van der Waals surface area contributed by atoms with Gasteiger partial charge in [-0.1, -0.05) is 17.2 Å². The lowest BCUT2D eigenvalue weighted by Gasteiger charge is -1.95. The van der Waals surface area contributed by atoms with E-state index in [4.69, 9.17) is 0 Å². The van der Waals surface area contributed by atoms with Crippen LogP contribution >= 0.6 is 11.8 Å². The van der Waals surface area contributed by atoms with E-state index < -0.39 is 0 Å². The molecular formula is C12H13N4S+. The summed E-state index contributed by atoms with van der Waals surface area (Å²) in [4.78, 5) is 4.68. The summed E-state index contributed by atoms with van der Waals surface area (Å²) in [7, 11) is 3.95. The molecule has 2 heterocycles. The SMILES string of the molecule is CSc1nc2c3ccccc3n(C)c2n[n+]1C. The van der Waals surface area contributed by atoms with Gasteiger partial charge in [-0.05, 0) is 35.1 Å². The van der Waals surface area contributed by atoms with E-state index in [0.29, 0.717) is 0 Å². The number of aromatic nitrogens is 4. The van der Waals surface area contributed by atoms with E-state index in [2.05, 4.69) is 26.8 Å². The number of para-hydroxylation sites is 1. The van der Waals surface area contributed by atoms with Gasteiger partial charge in [0.2, 0.25) is 11.2 Å². The zero-order valence-electron chi connectivity index (χ0n) is 10.0. The standard InChI is InChI=1S/C12H13N4S/c1-15-9-7-5-4-6-8(9)10-11(15)14-16(2)12(13-10)17-3/h4-7H,1-3H3/q+1. The van der Waals surface area contributed by atoms with Crippen LogP contribution in [0.4, 0.5) is 0 Å². The minimum atomic E-state index is 0.923. The third-order valence-corrected chi connectivity index (χ3v) is 3.68. The van der Waals surface area contributed by atoms with E-state index in [1.165, 1.54) is 5.52 Å². The van der Waals surface area contributed by atoms with Gasteiger partial charge in [-0.3, -0.25) is 0 Å². The van der Waals surface area contributed by atoms with Crippen molar-refractivity contribution in [2.75, 3.05) is 6.26 Å². The minimum absolute atomic E-state index is 0.923. The van der Waals surface area contributed by atoms with E-state index in [1.807, 2.05) is 37.2 Å². The van der Waals surface area contributed by atoms with Crippen molar-refractivity contribution in [1.29, 1.82) is 0 Å². The molecule has 86 valence electrons. The molecule has 3 rings (SSSR count). The second kappa shape index (κ2) is 3.70. The summed E-state index contributed by atoms with van der Waals surface area (Å²) >= 11 is 1.61. The quantitative estimate of drug-likeness (QED) is 0.483. The lowest BCUT2D eigenvalue weighted by Crippen LogP contribution is -2.36. The number of nitrogens with zero attached hydrogens (tertiary/aromatic N) is 4. The molecule has 0 atom stereocenters. The predicted octanol–water partition coefficient (Wildman–Crippen LogP) is 1.67. The highest BCUT2D eigenvalue weighted by Crippen LogP contribution is 2.24. The van der Waals surface area contributed by atoms with Crippen LogP contribution in [-0.2, 0) is 14.1 Å². The molecule has 0 aliphatic rings. The van der Waals surface area contributed by atoms with Crippen LogP contribution in [0.3, 0.4) is 0 Å². The Bertz CT molecular complexity index is 717. The van der Waals surface area contributed by atoms with Crippen molar-refractivity contribution in [3.05, 3.63) is 24.3 Å². The number of aryl methyl sites for hydroxylation is 2. The molecule has 0 spiro atoms. The summed E-state index contributed by atoms with van der Waals surface area (Å²) in [6.07, 6.45) is 2.01. The molecule has 0 N–H and O–H groups in total. The van der Waals surface area contributed by atoms with Gasteiger partial charge in [0.25, 0.3) is 0 Å². The fourth-order valence-electron chi connectivity index (χ4n) is 2.12. The Morgan fingerprint density at radius 2 is 2.06 bits per heavy atom. The number of thioether (sulfide) groups is 1. The van der Waals surface area contributed by atoms with Crippen LogP contribution in [-0.4, -0.2) is 20.9 Å². The Kier molecular flexibility index (Phi) is 2.29. The number of hydrogen-bond donors (Lipinski definition) is 0. The molecule has 0 unspecified atom stereocenters. The van der Waals surface area contributed by atoms with Crippen LogP contribution in [0.2, 0.25) is 0 Å². The molecule has 0 aliphatic heterocycles. The normalized spacial score (nSPS) is 11.5. The zero-order chi connectivity index (χ0) is 12.0. The Balaban J connectivity index is 2.54. The zero-order valence-corrected chi connectivity index (χ0v) is 10.8. The van der Waals surface area contributed by atoms with Crippen LogP contribution in [0.25, 0.3) is 22.1 Å². The lowest BCUT2D eigenvalue weighted by molar-refractivity contribution is -0.767. The van der Waals surface area contributed by atoms with Gasteiger partial charge < -0.3 is 4.57 Å². The van der Waals surface area contributed by atoms with E-state index >= 15 is 0 Å². The summed E-state index contributed by atoms with van der Waals surface area (Å²) in [5, 5.41) is 6.66. The molecule has 0 fully saturated rings. The van der Waals surface area contributed by atoms with Crippen molar-refractivity contribution in [1.82, 2.24) is 14.6 Å². The van der Waals surface area contributed by atoms with Gasteiger partial charge in [0.05, 0.1) is 10.9 Å². The molecule has 2 aromatic heterocycles. The van der Waals surface area contributed by atoms with E-state index in [0.717, 1.165) is 21.7 Å². The molecule has 4 nitrogen and oxygen atoms in total. The number of fused-ring (bicyclic) bond motifs is 3. The number of benzene rings is 1. The van der Waals surface area contributed by atoms with Crippen molar-refractivity contribution >= 4 is 33.8 Å². The first kappa shape index (κ1) is 10.5. The second-order valence-electron chi connectivity index (χ2n) is 3.97.